The van der Waals surface area contributed by atoms with Crippen LogP contribution >= 0.6 is 0 Å². The minimum Gasteiger partial charge on any atom is -0.495 e. The lowest BCUT2D eigenvalue weighted by Crippen LogP contribution is -2.39. The van der Waals surface area contributed by atoms with Gasteiger partial charge in [-0.2, -0.15) is 0 Å². The maximum absolute atomic E-state index is 12.9. The summed E-state index contributed by atoms with van der Waals surface area (Å²) in [5, 5.41) is 2.88. The van der Waals surface area contributed by atoms with Gasteiger partial charge in [0.05, 0.1) is 25.0 Å². The fourth-order valence-electron chi connectivity index (χ4n) is 3.16. The molecule has 0 unspecified atom stereocenters. The molecule has 2 heterocycles. The van der Waals surface area contributed by atoms with Gasteiger partial charge in [-0.3, -0.25) is 4.79 Å². The average molecular weight is 397 g/mol. The van der Waals surface area contributed by atoms with Crippen molar-refractivity contribution >= 4 is 17.6 Å². The molecule has 154 valence electrons. The summed E-state index contributed by atoms with van der Waals surface area (Å²) in [6.07, 6.45) is 2.57. The molecule has 1 aromatic heterocycles. The Morgan fingerprint density at radius 2 is 2.03 bits per heavy atom. The minimum atomic E-state index is -0.256. The van der Waals surface area contributed by atoms with Crippen LogP contribution < -0.4 is 10.1 Å². The van der Waals surface area contributed by atoms with E-state index in [4.69, 9.17) is 4.74 Å². The molecule has 29 heavy (non-hydrogen) atoms. The number of carbonyl (C=O) groups is 2. The lowest BCUT2D eigenvalue weighted by Gasteiger charge is -2.28. The first-order valence-corrected chi connectivity index (χ1v) is 9.60. The van der Waals surface area contributed by atoms with E-state index in [1.165, 1.54) is 12.0 Å². The number of nitrogens with zero attached hydrogens (tertiary/aromatic N) is 4. The smallest absolute Gasteiger partial charge is 0.322 e. The predicted octanol–water partition coefficient (Wildman–Crippen LogP) is 2.90. The molecule has 3 rings (SSSR count). The maximum atomic E-state index is 12.9. The van der Waals surface area contributed by atoms with Crippen LogP contribution in [0.2, 0.25) is 0 Å². The van der Waals surface area contributed by atoms with E-state index in [1.54, 1.807) is 37.2 Å². The van der Waals surface area contributed by atoms with Gasteiger partial charge in [-0.05, 0) is 30.2 Å². The number of aromatic nitrogens is 2. The highest BCUT2D eigenvalue weighted by Crippen LogP contribution is 2.27. The van der Waals surface area contributed by atoms with Gasteiger partial charge in [0.2, 0.25) is 0 Å². The topological polar surface area (TPSA) is 87.7 Å². The molecule has 1 aliphatic rings. The van der Waals surface area contributed by atoms with Crippen LogP contribution in [0.5, 0.6) is 5.75 Å². The molecule has 2 aromatic rings. The van der Waals surface area contributed by atoms with Crippen molar-refractivity contribution in [1.82, 2.24) is 19.8 Å². The van der Waals surface area contributed by atoms with E-state index >= 15 is 0 Å². The number of rotatable bonds is 4. The van der Waals surface area contributed by atoms with Crippen LogP contribution in [0.4, 0.5) is 10.5 Å². The van der Waals surface area contributed by atoms with Gasteiger partial charge in [0.1, 0.15) is 11.6 Å². The second-order valence-electron chi connectivity index (χ2n) is 7.57. The fourth-order valence-corrected chi connectivity index (χ4v) is 3.16. The zero-order valence-electron chi connectivity index (χ0n) is 17.5. The summed E-state index contributed by atoms with van der Waals surface area (Å²) in [6.45, 7) is 5.08. The largest absolute Gasteiger partial charge is 0.495 e. The molecule has 0 saturated carbocycles. The Bertz CT molecular complexity index is 927. The van der Waals surface area contributed by atoms with Crippen molar-refractivity contribution in [2.45, 2.75) is 32.7 Å². The third kappa shape index (κ3) is 4.47. The van der Waals surface area contributed by atoms with Gasteiger partial charge in [-0.1, -0.05) is 13.8 Å². The van der Waals surface area contributed by atoms with E-state index < -0.39 is 0 Å². The molecule has 1 aliphatic heterocycles. The normalized spacial score (nSPS) is 13.1. The van der Waals surface area contributed by atoms with Crippen molar-refractivity contribution in [3.05, 3.63) is 47.0 Å². The molecule has 8 heteroatoms. The van der Waals surface area contributed by atoms with Gasteiger partial charge < -0.3 is 19.9 Å². The van der Waals surface area contributed by atoms with Crippen molar-refractivity contribution in [1.29, 1.82) is 0 Å². The molecule has 0 bridgehead atoms. The second kappa shape index (κ2) is 8.46. The first-order valence-electron chi connectivity index (χ1n) is 9.60. The van der Waals surface area contributed by atoms with E-state index in [9.17, 15) is 9.59 Å². The number of urea groups is 1. The number of anilines is 1. The highest BCUT2D eigenvalue weighted by Gasteiger charge is 2.24. The molecule has 3 amide bonds. The van der Waals surface area contributed by atoms with Crippen LogP contribution in [0.1, 0.15) is 47.2 Å². The maximum Gasteiger partial charge on any atom is 0.322 e. The third-order valence-corrected chi connectivity index (χ3v) is 4.86. The standard InChI is InChI=1S/C21H27N5O3/c1-13(2)19-22-11-15-8-9-26(12-17(15)23-19)21(28)24-16-10-14(20(27)25(3)4)6-7-18(16)29-5/h6-7,10-11,13H,8-9,12H2,1-5H3,(H,24,28). The van der Waals surface area contributed by atoms with E-state index in [0.717, 1.165) is 17.1 Å². The Kier molecular flexibility index (Phi) is 6.00. The van der Waals surface area contributed by atoms with Gasteiger partial charge in [-0.15, -0.1) is 0 Å². The monoisotopic (exact) mass is 397 g/mol. The molecule has 1 N–H and O–H groups in total. The Morgan fingerprint density at radius 1 is 1.28 bits per heavy atom. The van der Waals surface area contributed by atoms with Crippen LogP contribution in [0.25, 0.3) is 0 Å². The van der Waals surface area contributed by atoms with Crippen LogP contribution in [-0.4, -0.2) is 59.5 Å². The lowest BCUT2D eigenvalue weighted by atomic mass is 10.1. The number of ether oxygens (including phenoxy) is 1. The van der Waals surface area contributed by atoms with E-state index in [-0.39, 0.29) is 17.9 Å². The van der Waals surface area contributed by atoms with E-state index in [2.05, 4.69) is 15.3 Å². The number of hydrogen-bond donors (Lipinski definition) is 1. The molecule has 1 aromatic carbocycles. The number of fused-ring (bicyclic) bond motifs is 1. The quantitative estimate of drug-likeness (QED) is 0.857. The van der Waals surface area contributed by atoms with Crippen molar-refractivity contribution < 1.29 is 14.3 Å². The summed E-state index contributed by atoms with van der Waals surface area (Å²) in [7, 11) is 4.90. The molecular formula is C21H27N5O3. The summed E-state index contributed by atoms with van der Waals surface area (Å²) < 4.78 is 5.35. The molecule has 0 radical (unpaired) electrons. The molecule has 8 nitrogen and oxygen atoms in total. The van der Waals surface area contributed by atoms with Crippen LogP contribution in [0, 0.1) is 0 Å². The SMILES string of the molecule is COc1ccc(C(=O)N(C)C)cc1NC(=O)N1CCc2cnc(C(C)C)nc2C1. The summed E-state index contributed by atoms with van der Waals surface area (Å²) in [6, 6.07) is 4.74. The molecule has 0 saturated heterocycles. The Balaban J connectivity index is 1.79. The van der Waals surface area contributed by atoms with Crippen molar-refractivity contribution in [3.8, 4) is 5.75 Å². The zero-order chi connectivity index (χ0) is 21.1. The first kappa shape index (κ1) is 20.6. The summed E-state index contributed by atoms with van der Waals surface area (Å²) >= 11 is 0. The number of carbonyl (C=O) groups excluding carboxylic acids is 2. The predicted molar refractivity (Wildman–Crippen MR) is 110 cm³/mol. The number of nitrogens with one attached hydrogen (secondary N) is 1. The van der Waals surface area contributed by atoms with Crippen LogP contribution in [0.15, 0.2) is 24.4 Å². The number of amides is 3. The number of methoxy groups -OCH3 is 1. The van der Waals surface area contributed by atoms with Crippen molar-refractivity contribution in [2.24, 2.45) is 0 Å². The van der Waals surface area contributed by atoms with Gasteiger partial charge >= 0.3 is 6.03 Å². The zero-order valence-corrected chi connectivity index (χ0v) is 17.5. The minimum absolute atomic E-state index is 0.145. The Morgan fingerprint density at radius 3 is 2.69 bits per heavy atom. The average Bonchev–Trinajstić information content (AvgIpc) is 2.72. The van der Waals surface area contributed by atoms with Gasteiger partial charge in [0.15, 0.2) is 0 Å². The lowest BCUT2D eigenvalue weighted by molar-refractivity contribution is 0.0827. The van der Waals surface area contributed by atoms with Crippen LogP contribution in [0.3, 0.4) is 0 Å². The molecule has 0 spiro atoms. The van der Waals surface area contributed by atoms with Gasteiger partial charge in [0.25, 0.3) is 5.91 Å². The van der Waals surface area contributed by atoms with Crippen molar-refractivity contribution in [3.63, 3.8) is 0 Å². The summed E-state index contributed by atoms with van der Waals surface area (Å²) in [5.74, 6) is 1.36. The molecular weight excluding hydrogens is 370 g/mol. The Hall–Kier alpha value is -3.16. The fraction of sp³-hybridized carbons (Fsp3) is 0.429. The third-order valence-electron chi connectivity index (χ3n) is 4.86. The second-order valence-corrected chi connectivity index (χ2v) is 7.57. The van der Waals surface area contributed by atoms with Crippen molar-refractivity contribution in [2.75, 3.05) is 33.1 Å². The van der Waals surface area contributed by atoms with E-state index in [0.29, 0.717) is 36.5 Å². The van der Waals surface area contributed by atoms with Crippen LogP contribution in [-0.2, 0) is 13.0 Å². The van der Waals surface area contributed by atoms with Gasteiger partial charge in [0, 0.05) is 38.3 Å². The number of benzene rings is 1. The highest BCUT2D eigenvalue weighted by atomic mass is 16.5. The summed E-state index contributed by atoms with van der Waals surface area (Å²) in [4.78, 5) is 37.4. The Labute approximate surface area is 170 Å². The number of hydrogen-bond acceptors (Lipinski definition) is 5. The molecule has 0 fully saturated rings. The molecule has 0 aliphatic carbocycles. The first-order chi connectivity index (χ1) is 13.8. The summed E-state index contributed by atoms with van der Waals surface area (Å²) in [5.41, 5.74) is 2.90. The van der Waals surface area contributed by atoms with Gasteiger partial charge in [-0.25, -0.2) is 14.8 Å². The highest BCUT2D eigenvalue weighted by molar-refractivity contribution is 5.97. The molecule has 0 atom stereocenters. The van der Waals surface area contributed by atoms with E-state index in [1.807, 2.05) is 20.0 Å².